The van der Waals surface area contributed by atoms with Gasteiger partial charge in [0.2, 0.25) is 0 Å². The van der Waals surface area contributed by atoms with E-state index in [1.165, 1.54) is 19.3 Å². The van der Waals surface area contributed by atoms with Gasteiger partial charge in [-0.1, -0.05) is 57.5 Å². The first-order chi connectivity index (χ1) is 7.19. The molecular formula is C14H26Si. The van der Waals surface area contributed by atoms with E-state index < -0.39 is 8.07 Å². The zero-order chi connectivity index (χ0) is 10.9. The molecule has 0 aromatic rings. The molecule has 2 aliphatic carbocycles. The average Bonchev–Trinajstić information content (AvgIpc) is 2.79. The van der Waals surface area contributed by atoms with Gasteiger partial charge in [0.15, 0.2) is 0 Å². The van der Waals surface area contributed by atoms with E-state index in [1.807, 2.05) is 0 Å². The minimum Gasteiger partial charge on any atom is -0.0851 e. The van der Waals surface area contributed by atoms with Crippen LogP contribution in [-0.2, 0) is 0 Å². The fourth-order valence-corrected chi connectivity index (χ4v) is 9.65. The summed E-state index contributed by atoms with van der Waals surface area (Å²) in [5, 5.41) is 0. The van der Waals surface area contributed by atoms with Crippen LogP contribution in [0.4, 0.5) is 0 Å². The van der Waals surface area contributed by atoms with Crippen LogP contribution in [0.1, 0.15) is 39.5 Å². The monoisotopic (exact) mass is 222 g/mol. The summed E-state index contributed by atoms with van der Waals surface area (Å²) in [6.07, 6.45) is 10.9. The summed E-state index contributed by atoms with van der Waals surface area (Å²) in [6, 6.07) is 3.14. The topological polar surface area (TPSA) is 0 Å². The normalized spacial score (nSPS) is 33.9. The van der Waals surface area contributed by atoms with Gasteiger partial charge in [-0.2, -0.15) is 0 Å². The molecule has 2 aliphatic rings. The molecule has 2 bridgehead atoms. The summed E-state index contributed by atoms with van der Waals surface area (Å²) in [5.41, 5.74) is 1.13. The molecule has 0 radical (unpaired) electrons. The van der Waals surface area contributed by atoms with E-state index in [-0.39, 0.29) is 0 Å². The van der Waals surface area contributed by atoms with Crippen LogP contribution >= 0.6 is 0 Å². The van der Waals surface area contributed by atoms with Gasteiger partial charge in [0, 0.05) is 0 Å². The van der Waals surface area contributed by atoms with E-state index in [4.69, 9.17) is 0 Å². The molecule has 3 unspecified atom stereocenters. The van der Waals surface area contributed by atoms with Gasteiger partial charge in [0.1, 0.15) is 0 Å². The maximum Gasteiger partial charge on any atom is 0.0541 e. The molecule has 0 aromatic heterocycles. The van der Waals surface area contributed by atoms with Crippen LogP contribution in [0.25, 0.3) is 0 Å². The molecule has 86 valence electrons. The van der Waals surface area contributed by atoms with Gasteiger partial charge in [0.05, 0.1) is 8.07 Å². The van der Waals surface area contributed by atoms with E-state index in [1.54, 1.807) is 18.5 Å². The molecule has 0 aliphatic heterocycles. The first kappa shape index (κ1) is 11.4. The van der Waals surface area contributed by atoms with Crippen LogP contribution < -0.4 is 0 Å². The Labute approximate surface area is 96.2 Å². The Hall–Kier alpha value is -0.0431. The van der Waals surface area contributed by atoms with Crippen LogP contribution in [0.3, 0.4) is 0 Å². The Balaban J connectivity index is 2.08. The predicted octanol–water partition coefficient (Wildman–Crippen LogP) is 4.85. The van der Waals surface area contributed by atoms with Crippen molar-refractivity contribution in [3.63, 3.8) is 0 Å². The van der Waals surface area contributed by atoms with Gasteiger partial charge < -0.3 is 0 Å². The standard InChI is InChI=1S/C14H26Si/c1-4-8-15(3,9-5-2)14-11-12-6-7-13(14)10-12/h6-7,12-14H,4-5,8-11H2,1-3H3. The molecule has 0 nitrogen and oxygen atoms in total. The van der Waals surface area contributed by atoms with Crippen molar-refractivity contribution in [3.8, 4) is 0 Å². The van der Waals surface area contributed by atoms with Crippen LogP contribution in [0.2, 0.25) is 24.2 Å². The molecule has 0 spiro atoms. The van der Waals surface area contributed by atoms with Crippen molar-refractivity contribution in [3.05, 3.63) is 12.2 Å². The minimum atomic E-state index is -0.921. The van der Waals surface area contributed by atoms with Gasteiger partial charge in [-0.05, 0) is 30.2 Å². The molecule has 0 saturated heterocycles. The molecule has 1 heteroatoms. The SMILES string of the molecule is CCC[Si](C)(CCC)C1CC2C=CC1C2. The summed E-state index contributed by atoms with van der Waals surface area (Å²) in [5.74, 6) is 1.96. The van der Waals surface area contributed by atoms with Crippen LogP contribution in [0.15, 0.2) is 12.2 Å². The summed E-state index contributed by atoms with van der Waals surface area (Å²) in [7, 11) is -0.921. The number of hydrogen-bond acceptors (Lipinski definition) is 0. The lowest BCUT2D eigenvalue weighted by Crippen LogP contribution is -2.37. The molecule has 1 saturated carbocycles. The van der Waals surface area contributed by atoms with Crippen molar-refractivity contribution in [2.75, 3.05) is 0 Å². The molecular weight excluding hydrogens is 196 g/mol. The van der Waals surface area contributed by atoms with Crippen LogP contribution in [-0.4, -0.2) is 8.07 Å². The molecule has 0 heterocycles. The highest BCUT2D eigenvalue weighted by Crippen LogP contribution is 2.54. The maximum absolute atomic E-state index is 2.69. The lowest BCUT2D eigenvalue weighted by Gasteiger charge is -2.37. The predicted molar refractivity (Wildman–Crippen MR) is 70.9 cm³/mol. The Morgan fingerprint density at radius 3 is 2.13 bits per heavy atom. The van der Waals surface area contributed by atoms with Crippen molar-refractivity contribution >= 4 is 8.07 Å². The van der Waals surface area contributed by atoms with Gasteiger partial charge in [-0.3, -0.25) is 0 Å². The van der Waals surface area contributed by atoms with Crippen LogP contribution in [0, 0.1) is 11.8 Å². The zero-order valence-electron chi connectivity index (χ0n) is 10.6. The van der Waals surface area contributed by atoms with Gasteiger partial charge >= 0.3 is 0 Å². The third-order valence-corrected chi connectivity index (χ3v) is 10.6. The highest BCUT2D eigenvalue weighted by Gasteiger charge is 2.45. The molecule has 0 aromatic carbocycles. The lowest BCUT2D eigenvalue weighted by atomic mass is 10.1. The number of rotatable bonds is 5. The van der Waals surface area contributed by atoms with E-state index in [9.17, 15) is 0 Å². The fourth-order valence-electron chi connectivity index (χ4n) is 4.22. The summed E-state index contributed by atoms with van der Waals surface area (Å²) < 4.78 is 0. The van der Waals surface area contributed by atoms with Gasteiger partial charge in [-0.25, -0.2) is 0 Å². The van der Waals surface area contributed by atoms with Crippen molar-refractivity contribution in [2.24, 2.45) is 11.8 Å². The minimum absolute atomic E-state index is 0.921. The maximum atomic E-state index is 2.69. The third-order valence-electron chi connectivity index (χ3n) is 4.82. The second-order valence-electron chi connectivity index (χ2n) is 6.04. The number of hydrogen-bond donors (Lipinski definition) is 0. The van der Waals surface area contributed by atoms with Crippen molar-refractivity contribution in [2.45, 2.75) is 63.7 Å². The lowest BCUT2D eigenvalue weighted by molar-refractivity contribution is 0.658. The average molecular weight is 222 g/mol. The highest BCUT2D eigenvalue weighted by molar-refractivity contribution is 6.80. The molecule has 0 amide bonds. The van der Waals surface area contributed by atoms with Crippen molar-refractivity contribution in [1.82, 2.24) is 0 Å². The van der Waals surface area contributed by atoms with Crippen molar-refractivity contribution in [1.29, 1.82) is 0 Å². The van der Waals surface area contributed by atoms with E-state index >= 15 is 0 Å². The summed E-state index contributed by atoms with van der Waals surface area (Å²) in [6.45, 7) is 7.45. The van der Waals surface area contributed by atoms with Crippen molar-refractivity contribution < 1.29 is 0 Å². The molecule has 1 fully saturated rings. The highest BCUT2D eigenvalue weighted by atomic mass is 28.3. The molecule has 2 rings (SSSR count). The van der Waals surface area contributed by atoms with Crippen LogP contribution in [0.5, 0.6) is 0 Å². The first-order valence-corrected chi connectivity index (χ1v) is 9.87. The molecule has 0 N–H and O–H groups in total. The summed E-state index contributed by atoms with van der Waals surface area (Å²) >= 11 is 0. The second-order valence-corrected chi connectivity index (χ2v) is 11.1. The fraction of sp³-hybridized carbons (Fsp3) is 0.857. The Morgan fingerprint density at radius 2 is 1.73 bits per heavy atom. The van der Waals surface area contributed by atoms with Gasteiger partial charge in [-0.15, -0.1) is 0 Å². The number of allylic oxidation sites excluding steroid dienone is 2. The van der Waals surface area contributed by atoms with Gasteiger partial charge in [0.25, 0.3) is 0 Å². The zero-order valence-corrected chi connectivity index (χ0v) is 11.6. The molecule has 15 heavy (non-hydrogen) atoms. The third kappa shape index (κ3) is 2.08. The second kappa shape index (κ2) is 4.45. The molecule has 3 atom stereocenters. The van der Waals surface area contributed by atoms with E-state index in [0.717, 1.165) is 17.4 Å². The smallest absolute Gasteiger partial charge is 0.0541 e. The first-order valence-electron chi connectivity index (χ1n) is 6.88. The quantitative estimate of drug-likeness (QED) is 0.461. The largest absolute Gasteiger partial charge is 0.0851 e. The van der Waals surface area contributed by atoms with E-state index in [2.05, 4.69) is 32.5 Å². The summed E-state index contributed by atoms with van der Waals surface area (Å²) in [4.78, 5) is 0. The van der Waals surface area contributed by atoms with E-state index in [0.29, 0.717) is 0 Å². The Morgan fingerprint density at radius 1 is 1.07 bits per heavy atom. The number of fused-ring (bicyclic) bond motifs is 2. The Kier molecular flexibility index (Phi) is 3.39. The Bertz CT molecular complexity index is 238.